The van der Waals surface area contributed by atoms with E-state index in [2.05, 4.69) is 65.7 Å². The van der Waals surface area contributed by atoms with E-state index in [0.29, 0.717) is 23.3 Å². The van der Waals surface area contributed by atoms with Crippen LogP contribution in [-0.2, 0) is 6.54 Å². The van der Waals surface area contributed by atoms with Gasteiger partial charge in [0.1, 0.15) is 5.75 Å². The van der Waals surface area contributed by atoms with E-state index >= 15 is 0 Å². The maximum atomic E-state index is 5.91. The summed E-state index contributed by atoms with van der Waals surface area (Å²) in [5.74, 6) is 2.84. The average Bonchev–Trinajstić information content (AvgIpc) is 2.96. The van der Waals surface area contributed by atoms with Crippen molar-refractivity contribution in [3.05, 3.63) is 66.2 Å². The summed E-state index contributed by atoms with van der Waals surface area (Å²) in [5.41, 5.74) is 4.63. The smallest absolute Gasteiger partial charge is 0.203 e. The quantitative estimate of drug-likeness (QED) is 0.292. The molecule has 0 radical (unpaired) electrons. The molecule has 1 aliphatic rings. The van der Waals surface area contributed by atoms with Crippen LogP contribution in [0.25, 0.3) is 11.1 Å². The largest absolute Gasteiger partial charge is 0.494 e. The second-order valence-electron chi connectivity index (χ2n) is 9.42. The lowest BCUT2D eigenvalue weighted by Gasteiger charge is -2.36. The van der Waals surface area contributed by atoms with Gasteiger partial charge in [-0.25, -0.2) is 0 Å². The number of nitrogens with zero attached hydrogens (tertiary/aromatic N) is 1. The molecule has 0 spiro atoms. The van der Waals surface area contributed by atoms with Crippen LogP contribution in [0.15, 0.2) is 60.7 Å². The Balaban J connectivity index is 1.60. The van der Waals surface area contributed by atoms with Crippen molar-refractivity contribution in [1.29, 1.82) is 0 Å². The van der Waals surface area contributed by atoms with Gasteiger partial charge in [0.25, 0.3) is 0 Å². The molecule has 0 bridgehead atoms. The van der Waals surface area contributed by atoms with E-state index in [4.69, 9.17) is 18.9 Å². The lowest BCUT2D eigenvalue weighted by Crippen LogP contribution is -2.43. The number of benzene rings is 3. The van der Waals surface area contributed by atoms with Crippen LogP contribution in [0.4, 0.5) is 5.69 Å². The van der Waals surface area contributed by atoms with Crippen LogP contribution in [0.3, 0.4) is 0 Å². The molecule has 37 heavy (non-hydrogen) atoms. The molecule has 1 heterocycles. The summed E-state index contributed by atoms with van der Waals surface area (Å²) >= 11 is 0. The average molecular weight is 505 g/mol. The third-order valence-corrected chi connectivity index (χ3v) is 6.96. The summed E-state index contributed by atoms with van der Waals surface area (Å²) in [4.78, 5) is 2.55. The minimum Gasteiger partial charge on any atom is -0.494 e. The number of unbranched alkanes of at least 4 members (excludes halogenated alkanes) is 1. The molecule has 1 saturated heterocycles. The van der Waals surface area contributed by atoms with Gasteiger partial charge in [0, 0.05) is 18.3 Å². The van der Waals surface area contributed by atoms with E-state index in [1.165, 1.54) is 11.3 Å². The van der Waals surface area contributed by atoms with E-state index in [1.54, 1.807) is 21.3 Å². The highest BCUT2D eigenvalue weighted by atomic mass is 16.5. The predicted octanol–water partition coefficient (Wildman–Crippen LogP) is 6.32. The number of hydrogen-bond donors (Lipinski definition) is 1. The van der Waals surface area contributed by atoms with E-state index in [1.807, 2.05) is 12.1 Å². The zero-order chi connectivity index (χ0) is 26.0. The summed E-state index contributed by atoms with van der Waals surface area (Å²) < 4.78 is 22.6. The van der Waals surface area contributed by atoms with Gasteiger partial charge in [0.2, 0.25) is 5.75 Å². The third-order valence-electron chi connectivity index (χ3n) is 6.96. The van der Waals surface area contributed by atoms with Crippen molar-refractivity contribution >= 4 is 5.69 Å². The first-order valence-electron chi connectivity index (χ1n) is 13.3. The third kappa shape index (κ3) is 6.69. The van der Waals surface area contributed by atoms with Crippen LogP contribution in [0.1, 0.15) is 38.2 Å². The van der Waals surface area contributed by atoms with Crippen LogP contribution in [0.5, 0.6) is 23.0 Å². The molecule has 0 aromatic heterocycles. The lowest BCUT2D eigenvalue weighted by atomic mass is 9.99. The Morgan fingerprint density at radius 3 is 2.16 bits per heavy atom. The van der Waals surface area contributed by atoms with Crippen molar-refractivity contribution < 1.29 is 18.9 Å². The van der Waals surface area contributed by atoms with Crippen molar-refractivity contribution in [3.8, 4) is 34.1 Å². The van der Waals surface area contributed by atoms with Crippen molar-refractivity contribution in [2.45, 2.75) is 45.2 Å². The van der Waals surface area contributed by atoms with Gasteiger partial charge in [-0.05, 0) is 91.5 Å². The molecular formula is C31H40N2O4. The topological polar surface area (TPSA) is 52.2 Å². The lowest BCUT2D eigenvalue weighted by molar-refractivity contribution is 0.309. The SMILES string of the molecule is CCCCOc1ccc(N(Cc2cccc(-c3cc(OC)c(OC)c(OC)c3)c2)C2CCNCC2)cc1. The fourth-order valence-corrected chi connectivity index (χ4v) is 4.91. The van der Waals surface area contributed by atoms with Gasteiger partial charge in [-0.3, -0.25) is 0 Å². The van der Waals surface area contributed by atoms with Gasteiger partial charge in [0.05, 0.1) is 27.9 Å². The number of ether oxygens (including phenoxy) is 4. The van der Waals surface area contributed by atoms with Crippen LogP contribution in [0.2, 0.25) is 0 Å². The Labute approximate surface area is 221 Å². The Bertz CT molecular complexity index is 1100. The molecule has 0 atom stereocenters. The molecule has 3 aromatic carbocycles. The van der Waals surface area contributed by atoms with E-state index in [-0.39, 0.29) is 0 Å². The Kier molecular flexibility index (Phi) is 9.55. The van der Waals surface area contributed by atoms with E-state index in [9.17, 15) is 0 Å². The Hall–Kier alpha value is -3.38. The summed E-state index contributed by atoms with van der Waals surface area (Å²) in [7, 11) is 4.92. The predicted molar refractivity (Wildman–Crippen MR) is 150 cm³/mol. The molecule has 1 aliphatic heterocycles. The summed E-state index contributed by atoms with van der Waals surface area (Å²) in [6.07, 6.45) is 4.46. The maximum absolute atomic E-state index is 5.91. The molecule has 0 amide bonds. The van der Waals surface area contributed by atoms with Gasteiger partial charge < -0.3 is 29.2 Å². The van der Waals surface area contributed by atoms with Gasteiger partial charge in [-0.2, -0.15) is 0 Å². The first-order valence-corrected chi connectivity index (χ1v) is 13.3. The second-order valence-corrected chi connectivity index (χ2v) is 9.42. The molecule has 1 N–H and O–H groups in total. The van der Waals surface area contributed by atoms with Crippen LogP contribution in [-0.4, -0.2) is 47.1 Å². The molecule has 4 rings (SSSR count). The normalized spacial score (nSPS) is 13.7. The van der Waals surface area contributed by atoms with Crippen molar-refractivity contribution in [3.63, 3.8) is 0 Å². The number of nitrogens with one attached hydrogen (secondary N) is 1. The first-order chi connectivity index (χ1) is 18.2. The maximum Gasteiger partial charge on any atom is 0.203 e. The number of methoxy groups -OCH3 is 3. The standard InChI is InChI=1S/C31H40N2O4/c1-5-6-18-37-28-12-10-26(11-13-28)33(27-14-16-32-17-15-27)22-23-8-7-9-24(19-23)25-20-29(34-2)31(36-4)30(21-25)35-3/h7-13,19-21,27,32H,5-6,14-18,22H2,1-4H3. The summed E-state index contributed by atoms with van der Waals surface area (Å²) in [5, 5.41) is 3.50. The molecule has 6 heteroatoms. The Morgan fingerprint density at radius 2 is 1.54 bits per heavy atom. The molecule has 0 aliphatic carbocycles. The molecule has 0 unspecified atom stereocenters. The highest BCUT2D eigenvalue weighted by Gasteiger charge is 2.22. The van der Waals surface area contributed by atoms with Gasteiger partial charge >= 0.3 is 0 Å². The molecule has 3 aromatic rings. The number of rotatable bonds is 12. The van der Waals surface area contributed by atoms with Crippen molar-refractivity contribution in [2.24, 2.45) is 0 Å². The van der Waals surface area contributed by atoms with Crippen molar-refractivity contribution in [1.82, 2.24) is 5.32 Å². The fourth-order valence-electron chi connectivity index (χ4n) is 4.91. The van der Waals surface area contributed by atoms with Crippen LogP contribution >= 0.6 is 0 Å². The molecule has 6 nitrogen and oxygen atoms in total. The molecule has 198 valence electrons. The minimum atomic E-state index is 0.484. The van der Waals surface area contributed by atoms with Crippen LogP contribution < -0.4 is 29.2 Å². The zero-order valence-corrected chi connectivity index (χ0v) is 22.6. The number of anilines is 1. The summed E-state index contributed by atoms with van der Waals surface area (Å²) in [6, 6.07) is 21.8. The number of hydrogen-bond acceptors (Lipinski definition) is 6. The first kappa shape index (κ1) is 26.7. The van der Waals surface area contributed by atoms with Gasteiger partial charge in [-0.1, -0.05) is 31.5 Å². The zero-order valence-electron chi connectivity index (χ0n) is 22.6. The molecule has 1 fully saturated rings. The highest BCUT2D eigenvalue weighted by Crippen LogP contribution is 2.41. The van der Waals surface area contributed by atoms with Crippen LogP contribution in [0, 0.1) is 0 Å². The van der Waals surface area contributed by atoms with E-state index < -0.39 is 0 Å². The second kappa shape index (κ2) is 13.2. The highest BCUT2D eigenvalue weighted by molar-refractivity contribution is 5.71. The monoisotopic (exact) mass is 504 g/mol. The fraction of sp³-hybridized carbons (Fsp3) is 0.419. The minimum absolute atomic E-state index is 0.484. The Morgan fingerprint density at radius 1 is 0.838 bits per heavy atom. The van der Waals surface area contributed by atoms with Crippen molar-refractivity contribution in [2.75, 3.05) is 45.9 Å². The molecule has 0 saturated carbocycles. The van der Waals surface area contributed by atoms with E-state index in [0.717, 1.165) is 68.8 Å². The number of piperidine rings is 1. The van der Waals surface area contributed by atoms with Gasteiger partial charge in [-0.15, -0.1) is 0 Å². The van der Waals surface area contributed by atoms with Gasteiger partial charge in [0.15, 0.2) is 11.5 Å². The summed E-state index contributed by atoms with van der Waals surface area (Å²) in [6.45, 7) is 5.87. The molecular weight excluding hydrogens is 464 g/mol.